The third kappa shape index (κ3) is 4.97. The molecule has 0 bridgehead atoms. The number of nitrogens with zero attached hydrogens (tertiary/aromatic N) is 3. The average molecular weight is 598 g/mol. The van der Waals surface area contributed by atoms with Gasteiger partial charge in [-0.2, -0.15) is 0 Å². The molecule has 2 unspecified atom stereocenters. The fraction of sp³-hybridized carbons (Fsp3) is 0.188. The van der Waals surface area contributed by atoms with Crippen molar-refractivity contribution in [3.05, 3.63) is 114 Å². The van der Waals surface area contributed by atoms with Crippen LogP contribution in [0.2, 0.25) is 0 Å². The van der Waals surface area contributed by atoms with E-state index in [-0.39, 0.29) is 12.1 Å². The molecule has 0 saturated carbocycles. The summed E-state index contributed by atoms with van der Waals surface area (Å²) in [7, 11) is -1.98. The lowest BCUT2D eigenvalue weighted by Crippen LogP contribution is -2.29. The molecule has 1 saturated heterocycles. The van der Waals surface area contributed by atoms with Gasteiger partial charge in [0.15, 0.2) is 5.11 Å². The quantitative estimate of drug-likeness (QED) is 0.216. The molecule has 0 aliphatic carbocycles. The predicted octanol–water partition coefficient (Wildman–Crippen LogP) is 6.20. The smallest absolute Gasteiger partial charge is 0.229 e. The highest BCUT2D eigenvalue weighted by Gasteiger charge is 2.42. The van der Waals surface area contributed by atoms with Gasteiger partial charge in [-0.25, -0.2) is 8.42 Å². The highest BCUT2D eigenvalue weighted by atomic mass is 32.2. The molecule has 3 heterocycles. The lowest BCUT2D eigenvalue weighted by Gasteiger charge is -2.29. The van der Waals surface area contributed by atoms with E-state index < -0.39 is 10.0 Å². The summed E-state index contributed by atoms with van der Waals surface area (Å²) in [5.74, 6) is 0.391. The number of benzene rings is 3. The molecule has 6 rings (SSSR count). The van der Waals surface area contributed by atoms with Gasteiger partial charge >= 0.3 is 0 Å². The number of aromatic nitrogens is 2. The van der Waals surface area contributed by atoms with Crippen LogP contribution in [0.1, 0.15) is 34.7 Å². The summed E-state index contributed by atoms with van der Waals surface area (Å²) in [6, 6.07) is 27.7. The van der Waals surface area contributed by atoms with Crippen molar-refractivity contribution >= 4 is 49.5 Å². The summed E-state index contributed by atoms with van der Waals surface area (Å²) in [5, 5.41) is 6.40. The largest absolute Gasteiger partial charge is 0.494 e. The number of hydrogen-bond acceptors (Lipinski definition) is 5. The summed E-state index contributed by atoms with van der Waals surface area (Å²) in [6.45, 7) is 4.26. The lowest BCUT2D eigenvalue weighted by atomic mass is 9.96. The van der Waals surface area contributed by atoms with Gasteiger partial charge in [0.25, 0.3) is 0 Å². The molecule has 0 radical (unpaired) electrons. The van der Waals surface area contributed by atoms with Crippen LogP contribution < -0.4 is 19.7 Å². The van der Waals surface area contributed by atoms with E-state index in [4.69, 9.17) is 17.0 Å². The van der Waals surface area contributed by atoms with E-state index in [0.29, 0.717) is 16.5 Å². The zero-order chi connectivity index (χ0) is 29.6. The first-order valence-corrected chi connectivity index (χ1v) is 15.8. The van der Waals surface area contributed by atoms with Crippen LogP contribution in [0.25, 0.3) is 16.5 Å². The van der Waals surface area contributed by atoms with Crippen LogP contribution in [-0.2, 0) is 10.0 Å². The van der Waals surface area contributed by atoms with Crippen molar-refractivity contribution in [1.82, 2.24) is 14.9 Å². The minimum absolute atomic E-state index is 0.236. The Morgan fingerprint density at radius 2 is 1.74 bits per heavy atom. The van der Waals surface area contributed by atoms with Gasteiger partial charge in [-0.05, 0) is 73.4 Å². The van der Waals surface area contributed by atoms with Gasteiger partial charge < -0.3 is 19.5 Å². The van der Waals surface area contributed by atoms with Gasteiger partial charge in [0.2, 0.25) is 10.0 Å². The maximum Gasteiger partial charge on any atom is 0.229 e. The molecular weight excluding hydrogens is 567 g/mol. The third-order valence-electron chi connectivity index (χ3n) is 7.65. The number of anilines is 2. The van der Waals surface area contributed by atoms with Crippen molar-refractivity contribution in [3.8, 4) is 11.4 Å². The fourth-order valence-electron chi connectivity index (χ4n) is 5.92. The van der Waals surface area contributed by atoms with Crippen LogP contribution in [-0.4, -0.2) is 36.4 Å². The Bertz CT molecular complexity index is 1920. The van der Waals surface area contributed by atoms with Crippen LogP contribution in [0.4, 0.5) is 11.4 Å². The van der Waals surface area contributed by atoms with E-state index in [2.05, 4.69) is 86.9 Å². The first-order valence-electron chi connectivity index (χ1n) is 13.5. The Balaban J connectivity index is 1.52. The van der Waals surface area contributed by atoms with Crippen LogP contribution >= 0.6 is 12.2 Å². The molecule has 2 aromatic heterocycles. The molecule has 10 heteroatoms. The van der Waals surface area contributed by atoms with E-state index in [9.17, 15) is 8.42 Å². The number of sulfonamides is 1. The van der Waals surface area contributed by atoms with Crippen LogP contribution in [0, 0.1) is 13.8 Å². The van der Waals surface area contributed by atoms with E-state index in [0.717, 1.165) is 40.3 Å². The molecular formula is C32H31N5O3S2. The molecule has 1 aliphatic heterocycles. The molecule has 5 aromatic rings. The Labute approximate surface area is 251 Å². The maximum atomic E-state index is 12.0. The number of rotatable bonds is 7. The topological polar surface area (TPSA) is 88.5 Å². The second-order valence-electron chi connectivity index (χ2n) is 10.4. The monoisotopic (exact) mass is 597 g/mol. The van der Waals surface area contributed by atoms with Gasteiger partial charge in [-0.15, -0.1) is 0 Å². The van der Waals surface area contributed by atoms with Crippen LogP contribution in [0.5, 0.6) is 5.75 Å². The second kappa shape index (κ2) is 10.8. The molecule has 0 amide bonds. The Morgan fingerprint density at radius 1 is 0.976 bits per heavy atom. The summed E-state index contributed by atoms with van der Waals surface area (Å²) in [6.07, 6.45) is 2.90. The van der Waals surface area contributed by atoms with Gasteiger partial charge in [0, 0.05) is 34.7 Å². The van der Waals surface area contributed by atoms with Gasteiger partial charge in [0.1, 0.15) is 5.75 Å². The molecule has 1 fully saturated rings. The summed E-state index contributed by atoms with van der Waals surface area (Å²) in [4.78, 5) is 6.75. The van der Waals surface area contributed by atoms with E-state index in [1.807, 2.05) is 24.3 Å². The van der Waals surface area contributed by atoms with Crippen LogP contribution in [0.3, 0.4) is 0 Å². The van der Waals surface area contributed by atoms with Gasteiger partial charge in [-0.3, -0.25) is 9.71 Å². The molecule has 8 nitrogen and oxygen atoms in total. The van der Waals surface area contributed by atoms with E-state index in [1.165, 1.54) is 17.9 Å². The Hall–Kier alpha value is -4.41. The molecule has 42 heavy (non-hydrogen) atoms. The molecule has 3 aromatic carbocycles. The maximum absolute atomic E-state index is 12.0. The standard InChI is InChI=1S/C32H31N5O3S2/c1-20-18-25(21(2)36(20)28-14-9-11-22-10-5-6-12-24(22)28)31-30(27-13-7-8-17-33-27)34-32(41)37(31)23-15-16-26(29(19-23)40-3)35-42(4,38)39/h5-19,30-31,35H,1-4H3,(H,34,41). The van der Waals surface area contributed by atoms with Crippen molar-refractivity contribution in [3.63, 3.8) is 0 Å². The minimum atomic E-state index is -3.49. The van der Waals surface area contributed by atoms with Crippen molar-refractivity contribution in [2.45, 2.75) is 25.9 Å². The van der Waals surface area contributed by atoms with Crippen molar-refractivity contribution in [2.24, 2.45) is 0 Å². The number of nitrogens with one attached hydrogen (secondary N) is 2. The normalized spacial score (nSPS) is 17.0. The molecule has 2 N–H and O–H groups in total. The highest BCUT2D eigenvalue weighted by Crippen LogP contribution is 2.45. The van der Waals surface area contributed by atoms with Crippen molar-refractivity contribution in [1.29, 1.82) is 0 Å². The first kappa shape index (κ1) is 27.7. The number of methoxy groups -OCH3 is 1. The Kier molecular flexibility index (Phi) is 7.12. The molecule has 214 valence electrons. The Morgan fingerprint density at radius 3 is 2.48 bits per heavy atom. The number of pyridine rings is 1. The fourth-order valence-corrected chi connectivity index (χ4v) is 6.84. The van der Waals surface area contributed by atoms with Gasteiger partial charge in [-0.1, -0.05) is 42.5 Å². The van der Waals surface area contributed by atoms with Crippen LogP contribution in [0.15, 0.2) is 91.1 Å². The summed E-state index contributed by atoms with van der Waals surface area (Å²) in [5.41, 5.74) is 6.39. The molecule has 2 atom stereocenters. The minimum Gasteiger partial charge on any atom is -0.494 e. The SMILES string of the molecule is COc1cc(N2C(=S)NC(c3ccccn3)C2c2cc(C)n(-c3cccc4ccccc34)c2C)ccc1NS(C)(=O)=O. The number of aryl methyl sites for hydroxylation is 1. The number of fused-ring (bicyclic) bond motifs is 1. The van der Waals surface area contributed by atoms with E-state index in [1.54, 1.807) is 18.3 Å². The zero-order valence-electron chi connectivity index (χ0n) is 23.7. The molecule has 1 aliphatic rings. The van der Waals surface area contributed by atoms with Crippen molar-refractivity contribution < 1.29 is 13.2 Å². The average Bonchev–Trinajstić information content (AvgIpc) is 3.47. The zero-order valence-corrected chi connectivity index (χ0v) is 25.3. The van der Waals surface area contributed by atoms with Gasteiger partial charge in [0.05, 0.1) is 42.5 Å². The molecule has 0 spiro atoms. The number of thiocarbonyl (C=S) groups is 1. The first-order chi connectivity index (χ1) is 20.2. The highest BCUT2D eigenvalue weighted by molar-refractivity contribution is 7.92. The van der Waals surface area contributed by atoms with Crippen molar-refractivity contribution in [2.75, 3.05) is 23.0 Å². The lowest BCUT2D eigenvalue weighted by molar-refractivity contribution is 0.417. The van der Waals surface area contributed by atoms with E-state index >= 15 is 0 Å². The summed E-state index contributed by atoms with van der Waals surface area (Å²) >= 11 is 5.94. The second-order valence-corrected chi connectivity index (χ2v) is 12.6. The number of hydrogen-bond donors (Lipinski definition) is 2. The number of ether oxygens (including phenoxy) is 1. The summed E-state index contributed by atoms with van der Waals surface area (Å²) < 4.78 is 34.3. The predicted molar refractivity (Wildman–Crippen MR) is 172 cm³/mol. The third-order valence-corrected chi connectivity index (χ3v) is 8.56.